The van der Waals surface area contributed by atoms with E-state index in [2.05, 4.69) is 15.2 Å². The van der Waals surface area contributed by atoms with Crippen LogP contribution in [0, 0.1) is 13.8 Å². The molecule has 0 bridgehead atoms. The molecule has 4 rings (SSSR count). The summed E-state index contributed by atoms with van der Waals surface area (Å²) in [4.78, 5) is 31.7. The molecular formula is C21H24N6O4. The maximum Gasteiger partial charge on any atom is 0.407 e. The van der Waals surface area contributed by atoms with Gasteiger partial charge in [-0.05, 0) is 32.9 Å². The molecule has 1 amide bonds. The van der Waals surface area contributed by atoms with Crippen LogP contribution in [0.5, 0.6) is 0 Å². The van der Waals surface area contributed by atoms with Crippen LogP contribution in [0.2, 0.25) is 0 Å². The summed E-state index contributed by atoms with van der Waals surface area (Å²) in [6.07, 6.45) is 2.44. The predicted octanol–water partition coefficient (Wildman–Crippen LogP) is 2.15. The van der Waals surface area contributed by atoms with Crippen molar-refractivity contribution in [1.82, 2.24) is 24.8 Å². The molecule has 0 aliphatic carbocycles. The van der Waals surface area contributed by atoms with E-state index in [1.807, 2.05) is 30.9 Å². The van der Waals surface area contributed by atoms with Gasteiger partial charge in [0.25, 0.3) is 5.56 Å². The monoisotopic (exact) mass is 424 g/mol. The quantitative estimate of drug-likeness (QED) is 0.677. The minimum Gasteiger partial charge on any atom is -0.465 e. The molecule has 162 valence electrons. The highest BCUT2D eigenvalue weighted by Crippen LogP contribution is 2.25. The number of carbonyl (C=O) groups is 1. The number of rotatable bonds is 4. The van der Waals surface area contributed by atoms with Gasteiger partial charge in [-0.1, -0.05) is 5.16 Å². The van der Waals surface area contributed by atoms with Crippen LogP contribution in [0.15, 0.2) is 39.9 Å². The molecule has 3 aromatic rings. The third-order valence-electron chi connectivity index (χ3n) is 5.57. The molecule has 10 nitrogen and oxygen atoms in total. The van der Waals surface area contributed by atoms with Crippen LogP contribution in [0.1, 0.15) is 23.9 Å². The highest BCUT2D eigenvalue weighted by molar-refractivity contribution is 5.66. The summed E-state index contributed by atoms with van der Waals surface area (Å²) in [5.74, 6) is 0.618. The van der Waals surface area contributed by atoms with Crippen LogP contribution in [0.4, 0.5) is 10.5 Å². The van der Waals surface area contributed by atoms with Crippen LogP contribution in [0.25, 0.3) is 11.3 Å². The third-order valence-corrected chi connectivity index (χ3v) is 5.57. The molecule has 3 aromatic heterocycles. The maximum atomic E-state index is 12.8. The molecule has 0 aromatic carbocycles. The second kappa shape index (κ2) is 8.21. The van der Waals surface area contributed by atoms with Crippen LogP contribution < -0.4 is 10.5 Å². The number of piperazine rings is 1. The van der Waals surface area contributed by atoms with Crippen LogP contribution in [0.3, 0.4) is 0 Å². The van der Waals surface area contributed by atoms with Crippen LogP contribution in [-0.4, -0.2) is 61.7 Å². The number of aromatic nitrogens is 4. The first-order valence-electron chi connectivity index (χ1n) is 10.0. The Hall–Kier alpha value is -3.69. The van der Waals surface area contributed by atoms with E-state index in [1.165, 1.54) is 15.6 Å². The Morgan fingerprint density at radius 1 is 1.26 bits per heavy atom. The van der Waals surface area contributed by atoms with Crippen LogP contribution >= 0.6 is 0 Å². The van der Waals surface area contributed by atoms with E-state index >= 15 is 0 Å². The summed E-state index contributed by atoms with van der Waals surface area (Å²) >= 11 is 0. The molecule has 31 heavy (non-hydrogen) atoms. The van der Waals surface area contributed by atoms with E-state index in [4.69, 9.17) is 4.52 Å². The van der Waals surface area contributed by atoms with Gasteiger partial charge in [-0.15, -0.1) is 0 Å². The molecule has 1 aliphatic rings. The van der Waals surface area contributed by atoms with Gasteiger partial charge in [0.05, 0.1) is 18.4 Å². The van der Waals surface area contributed by atoms with E-state index < -0.39 is 6.09 Å². The Kier molecular flexibility index (Phi) is 5.45. The number of carboxylic acid groups (broad SMARTS) is 1. The molecule has 0 unspecified atom stereocenters. The minimum absolute atomic E-state index is 0.168. The first-order valence-corrected chi connectivity index (χ1v) is 10.0. The lowest BCUT2D eigenvalue weighted by Gasteiger charge is -2.39. The van der Waals surface area contributed by atoms with Gasteiger partial charge in [-0.2, -0.15) is 5.10 Å². The fourth-order valence-electron chi connectivity index (χ4n) is 3.75. The summed E-state index contributed by atoms with van der Waals surface area (Å²) in [5.41, 5.74) is 3.56. The lowest BCUT2D eigenvalue weighted by molar-refractivity contribution is 0.122. The zero-order valence-corrected chi connectivity index (χ0v) is 17.6. The Morgan fingerprint density at radius 3 is 2.71 bits per heavy atom. The van der Waals surface area contributed by atoms with Crippen molar-refractivity contribution in [1.29, 1.82) is 0 Å². The van der Waals surface area contributed by atoms with Crippen LogP contribution in [-0.2, 0) is 6.54 Å². The van der Waals surface area contributed by atoms with Crippen molar-refractivity contribution in [2.24, 2.45) is 0 Å². The largest absolute Gasteiger partial charge is 0.465 e. The van der Waals surface area contributed by atoms with E-state index in [-0.39, 0.29) is 18.1 Å². The molecule has 4 heterocycles. The molecule has 1 N–H and O–H groups in total. The first kappa shape index (κ1) is 20.6. The average molecular weight is 424 g/mol. The van der Waals surface area contributed by atoms with Crippen molar-refractivity contribution in [2.75, 3.05) is 24.5 Å². The van der Waals surface area contributed by atoms with Gasteiger partial charge in [0.2, 0.25) is 0 Å². The SMILES string of the molecule is Cc1ccc(-c2noc(C)c2Cn2ncc(N3CCN(C(=O)O)[C@@H](C)C3)cc2=O)cn1. The number of hydrogen-bond donors (Lipinski definition) is 1. The van der Waals surface area contributed by atoms with Crippen molar-refractivity contribution in [3.8, 4) is 11.3 Å². The first-order chi connectivity index (χ1) is 14.8. The van der Waals surface area contributed by atoms with Crippen molar-refractivity contribution < 1.29 is 14.4 Å². The van der Waals surface area contributed by atoms with Gasteiger partial charge < -0.3 is 19.4 Å². The summed E-state index contributed by atoms with van der Waals surface area (Å²) in [5, 5.41) is 17.7. The fraction of sp³-hybridized carbons (Fsp3) is 0.381. The summed E-state index contributed by atoms with van der Waals surface area (Å²) < 4.78 is 6.74. The van der Waals surface area contributed by atoms with Gasteiger partial charge in [-0.3, -0.25) is 9.78 Å². The van der Waals surface area contributed by atoms with Crippen molar-refractivity contribution in [3.63, 3.8) is 0 Å². The maximum absolute atomic E-state index is 12.8. The van der Waals surface area contributed by atoms with Gasteiger partial charge in [0.1, 0.15) is 11.5 Å². The van der Waals surface area contributed by atoms with Crippen molar-refractivity contribution in [3.05, 3.63) is 58.0 Å². The summed E-state index contributed by atoms with van der Waals surface area (Å²) in [6, 6.07) is 5.18. The molecule has 0 spiro atoms. The molecule has 1 saturated heterocycles. The predicted molar refractivity (Wildman–Crippen MR) is 113 cm³/mol. The molecule has 1 fully saturated rings. The minimum atomic E-state index is -0.927. The summed E-state index contributed by atoms with van der Waals surface area (Å²) in [7, 11) is 0. The number of anilines is 1. The Balaban J connectivity index is 1.55. The van der Waals surface area contributed by atoms with E-state index in [0.717, 1.165) is 16.8 Å². The van der Waals surface area contributed by atoms with Gasteiger partial charge in [0, 0.05) is 54.8 Å². The van der Waals surface area contributed by atoms with E-state index in [0.29, 0.717) is 36.8 Å². The smallest absolute Gasteiger partial charge is 0.407 e. The highest BCUT2D eigenvalue weighted by Gasteiger charge is 2.27. The fourth-order valence-corrected chi connectivity index (χ4v) is 3.75. The van der Waals surface area contributed by atoms with Gasteiger partial charge >= 0.3 is 6.09 Å². The van der Waals surface area contributed by atoms with Gasteiger partial charge in [0.15, 0.2) is 0 Å². The van der Waals surface area contributed by atoms with Crippen molar-refractivity contribution in [2.45, 2.75) is 33.4 Å². The average Bonchev–Trinajstić information content (AvgIpc) is 3.10. The molecule has 1 atom stereocenters. The third kappa shape index (κ3) is 4.14. The van der Waals surface area contributed by atoms with Gasteiger partial charge in [-0.25, -0.2) is 9.48 Å². The van der Waals surface area contributed by atoms with Crippen molar-refractivity contribution >= 4 is 11.8 Å². The second-order valence-corrected chi connectivity index (χ2v) is 7.73. The Bertz CT molecular complexity index is 1150. The molecule has 10 heteroatoms. The lowest BCUT2D eigenvalue weighted by atomic mass is 10.1. The number of hydrogen-bond acceptors (Lipinski definition) is 7. The standard InChI is InChI=1S/C21H24N6O4/c1-13-4-5-16(9-22-13)20-18(15(3)31-24-20)12-27-19(28)8-17(10-23-27)25-6-7-26(21(29)30)14(2)11-25/h4-5,8-10,14H,6-7,11-12H2,1-3H3,(H,29,30)/t14-/m0/s1. The normalized spacial score (nSPS) is 16.5. The highest BCUT2D eigenvalue weighted by atomic mass is 16.5. The molecule has 1 aliphatic heterocycles. The molecule has 0 radical (unpaired) electrons. The zero-order valence-electron chi connectivity index (χ0n) is 17.6. The Labute approximate surface area is 178 Å². The Morgan fingerprint density at radius 2 is 2.06 bits per heavy atom. The summed E-state index contributed by atoms with van der Waals surface area (Å²) in [6.45, 7) is 7.19. The number of aryl methyl sites for hydroxylation is 2. The second-order valence-electron chi connectivity index (χ2n) is 7.73. The van der Waals surface area contributed by atoms with E-state index in [1.54, 1.807) is 19.3 Å². The molecule has 0 saturated carbocycles. The number of pyridine rings is 1. The zero-order chi connectivity index (χ0) is 22.1. The topological polar surface area (TPSA) is 118 Å². The molecular weight excluding hydrogens is 400 g/mol. The number of amides is 1. The lowest BCUT2D eigenvalue weighted by Crippen LogP contribution is -2.54. The van der Waals surface area contributed by atoms with E-state index in [9.17, 15) is 14.7 Å². The number of nitrogens with zero attached hydrogens (tertiary/aromatic N) is 6.